The molecule has 0 aromatic heterocycles. The van der Waals surface area contributed by atoms with Crippen molar-refractivity contribution in [2.75, 3.05) is 13.2 Å². The van der Waals surface area contributed by atoms with Gasteiger partial charge in [-0.1, -0.05) is 31.2 Å². The van der Waals surface area contributed by atoms with Crippen molar-refractivity contribution in [2.45, 2.75) is 31.6 Å². The molecule has 1 aliphatic heterocycles. The third-order valence-electron chi connectivity index (χ3n) is 3.67. The molecule has 0 bridgehead atoms. The van der Waals surface area contributed by atoms with Gasteiger partial charge in [-0.15, -0.1) is 0 Å². The minimum atomic E-state index is -0.745. The normalized spacial score (nSPS) is 18.9. The van der Waals surface area contributed by atoms with Gasteiger partial charge in [0, 0.05) is 13.2 Å². The molecule has 0 radical (unpaired) electrons. The number of carboxylic acid groups (broad SMARTS) is 1. The number of hydrogen-bond acceptors (Lipinski definition) is 2. The molecule has 3 heteroatoms. The maximum atomic E-state index is 11.7. The number of rotatable bonds is 3. The number of aryl methyl sites for hydroxylation is 1. The van der Waals surface area contributed by atoms with Crippen LogP contribution in [0.5, 0.6) is 0 Å². The Morgan fingerprint density at radius 1 is 1.35 bits per heavy atom. The van der Waals surface area contributed by atoms with E-state index in [1.54, 1.807) is 0 Å². The van der Waals surface area contributed by atoms with E-state index < -0.39 is 11.4 Å². The summed E-state index contributed by atoms with van der Waals surface area (Å²) in [4.78, 5) is 11.7. The minimum absolute atomic E-state index is 0.532. The van der Waals surface area contributed by atoms with Gasteiger partial charge in [-0.25, -0.2) is 0 Å². The quantitative estimate of drug-likeness (QED) is 0.873. The van der Waals surface area contributed by atoms with Crippen molar-refractivity contribution in [1.82, 2.24) is 0 Å². The lowest BCUT2D eigenvalue weighted by atomic mass is 9.72. The first-order valence-electron chi connectivity index (χ1n) is 6.10. The van der Waals surface area contributed by atoms with Crippen molar-refractivity contribution >= 4 is 5.97 Å². The third kappa shape index (κ3) is 2.07. The van der Waals surface area contributed by atoms with Crippen molar-refractivity contribution in [3.8, 4) is 0 Å². The number of hydrogen-bond donors (Lipinski definition) is 1. The molecule has 1 saturated heterocycles. The van der Waals surface area contributed by atoms with E-state index in [2.05, 4.69) is 6.92 Å². The van der Waals surface area contributed by atoms with Crippen LogP contribution < -0.4 is 0 Å². The SMILES string of the molecule is CCc1ccccc1C1(C(=O)O)CCOCC1. The lowest BCUT2D eigenvalue weighted by molar-refractivity contribution is -0.147. The number of benzene rings is 1. The summed E-state index contributed by atoms with van der Waals surface area (Å²) in [7, 11) is 0. The summed E-state index contributed by atoms with van der Waals surface area (Å²) in [6.07, 6.45) is 2.00. The molecule has 1 fully saturated rings. The lowest BCUT2D eigenvalue weighted by Gasteiger charge is -2.35. The molecular formula is C14H18O3. The van der Waals surface area contributed by atoms with Gasteiger partial charge in [0.2, 0.25) is 0 Å². The zero-order valence-corrected chi connectivity index (χ0v) is 10.1. The highest BCUT2D eigenvalue weighted by Gasteiger charge is 2.42. The Morgan fingerprint density at radius 3 is 2.59 bits per heavy atom. The Bertz CT molecular complexity index is 406. The van der Waals surface area contributed by atoms with Crippen LogP contribution in [0.2, 0.25) is 0 Å². The zero-order chi connectivity index (χ0) is 12.3. The molecule has 2 rings (SSSR count). The molecule has 0 saturated carbocycles. The van der Waals surface area contributed by atoms with E-state index in [-0.39, 0.29) is 0 Å². The smallest absolute Gasteiger partial charge is 0.314 e. The summed E-state index contributed by atoms with van der Waals surface area (Å²) in [5, 5.41) is 9.61. The average molecular weight is 234 g/mol. The van der Waals surface area contributed by atoms with Crippen LogP contribution in [-0.2, 0) is 21.4 Å². The van der Waals surface area contributed by atoms with E-state index in [1.807, 2.05) is 24.3 Å². The van der Waals surface area contributed by atoms with Gasteiger partial charge in [0.05, 0.1) is 5.41 Å². The molecule has 0 spiro atoms. The molecule has 1 N–H and O–H groups in total. The van der Waals surface area contributed by atoms with E-state index in [1.165, 1.54) is 0 Å². The molecule has 1 aromatic carbocycles. The highest BCUT2D eigenvalue weighted by molar-refractivity contribution is 5.82. The lowest BCUT2D eigenvalue weighted by Crippen LogP contribution is -2.42. The van der Waals surface area contributed by atoms with Crippen LogP contribution in [0, 0.1) is 0 Å². The molecule has 1 aromatic rings. The van der Waals surface area contributed by atoms with Crippen LogP contribution in [0.1, 0.15) is 30.9 Å². The van der Waals surface area contributed by atoms with Gasteiger partial charge in [-0.05, 0) is 30.4 Å². The maximum absolute atomic E-state index is 11.7. The maximum Gasteiger partial charge on any atom is 0.314 e. The van der Waals surface area contributed by atoms with Gasteiger partial charge in [-0.2, -0.15) is 0 Å². The van der Waals surface area contributed by atoms with E-state index in [0.29, 0.717) is 26.1 Å². The highest BCUT2D eigenvalue weighted by Crippen LogP contribution is 2.37. The first-order valence-corrected chi connectivity index (χ1v) is 6.10. The summed E-state index contributed by atoms with van der Waals surface area (Å²) in [6, 6.07) is 7.87. The molecule has 17 heavy (non-hydrogen) atoms. The largest absolute Gasteiger partial charge is 0.481 e. The van der Waals surface area contributed by atoms with Crippen LogP contribution in [0.4, 0.5) is 0 Å². The Kier molecular flexibility index (Phi) is 3.48. The van der Waals surface area contributed by atoms with Crippen molar-refractivity contribution in [3.63, 3.8) is 0 Å². The molecule has 0 aliphatic carbocycles. The Labute approximate surface area is 101 Å². The summed E-state index contributed by atoms with van der Waals surface area (Å²) < 4.78 is 5.31. The summed E-state index contributed by atoms with van der Waals surface area (Å²) in [5.41, 5.74) is 1.36. The molecule has 0 unspecified atom stereocenters. The van der Waals surface area contributed by atoms with Gasteiger partial charge in [0.1, 0.15) is 0 Å². The molecular weight excluding hydrogens is 216 g/mol. The topological polar surface area (TPSA) is 46.5 Å². The molecule has 1 aliphatic rings. The molecule has 0 amide bonds. The van der Waals surface area contributed by atoms with Crippen LogP contribution in [-0.4, -0.2) is 24.3 Å². The number of carbonyl (C=O) groups is 1. The van der Waals surface area contributed by atoms with Crippen molar-refractivity contribution in [3.05, 3.63) is 35.4 Å². The fourth-order valence-electron chi connectivity index (χ4n) is 2.61. The molecule has 0 atom stereocenters. The minimum Gasteiger partial charge on any atom is -0.481 e. The Balaban J connectivity index is 2.48. The van der Waals surface area contributed by atoms with Crippen LogP contribution in [0.15, 0.2) is 24.3 Å². The number of carboxylic acids is 1. The van der Waals surface area contributed by atoms with E-state index in [4.69, 9.17) is 4.74 Å². The molecule has 3 nitrogen and oxygen atoms in total. The van der Waals surface area contributed by atoms with Gasteiger partial charge < -0.3 is 9.84 Å². The summed E-state index contributed by atoms with van der Waals surface area (Å²) >= 11 is 0. The summed E-state index contributed by atoms with van der Waals surface area (Å²) in [5.74, 6) is -0.721. The second-order valence-electron chi connectivity index (χ2n) is 4.51. The van der Waals surface area contributed by atoms with Crippen molar-refractivity contribution < 1.29 is 14.6 Å². The van der Waals surface area contributed by atoms with E-state index in [0.717, 1.165) is 17.5 Å². The summed E-state index contributed by atoms with van der Waals surface area (Å²) in [6.45, 7) is 3.13. The fourth-order valence-corrected chi connectivity index (χ4v) is 2.61. The standard InChI is InChI=1S/C14H18O3/c1-2-11-5-3-4-6-12(11)14(13(15)16)7-9-17-10-8-14/h3-6H,2,7-10H2,1H3,(H,15,16). The van der Waals surface area contributed by atoms with Crippen molar-refractivity contribution in [2.24, 2.45) is 0 Å². The second-order valence-corrected chi connectivity index (χ2v) is 4.51. The Hall–Kier alpha value is -1.35. The van der Waals surface area contributed by atoms with Gasteiger partial charge in [0.15, 0.2) is 0 Å². The predicted molar refractivity (Wildman–Crippen MR) is 65.2 cm³/mol. The molecule has 92 valence electrons. The monoisotopic (exact) mass is 234 g/mol. The highest BCUT2D eigenvalue weighted by atomic mass is 16.5. The van der Waals surface area contributed by atoms with Gasteiger partial charge in [0.25, 0.3) is 0 Å². The zero-order valence-electron chi connectivity index (χ0n) is 10.1. The molecule has 1 heterocycles. The first kappa shape index (κ1) is 12.1. The van der Waals surface area contributed by atoms with Gasteiger partial charge in [-0.3, -0.25) is 4.79 Å². The average Bonchev–Trinajstić information content (AvgIpc) is 2.39. The number of ether oxygens (including phenoxy) is 1. The number of aliphatic carboxylic acids is 1. The van der Waals surface area contributed by atoms with Crippen molar-refractivity contribution in [1.29, 1.82) is 0 Å². The second kappa shape index (κ2) is 4.88. The van der Waals surface area contributed by atoms with Gasteiger partial charge >= 0.3 is 5.97 Å². The van der Waals surface area contributed by atoms with E-state index in [9.17, 15) is 9.90 Å². The van der Waals surface area contributed by atoms with Crippen LogP contribution >= 0.6 is 0 Å². The van der Waals surface area contributed by atoms with E-state index >= 15 is 0 Å². The van der Waals surface area contributed by atoms with Crippen LogP contribution in [0.25, 0.3) is 0 Å². The first-order chi connectivity index (χ1) is 8.20. The predicted octanol–water partition coefficient (Wildman–Crippen LogP) is 2.38. The fraction of sp³-hybridized carbons (Fsp3) is 0.500. The van der Waals surface area contributed by atoms with Crippen LogP contribution in [0.3, 0.4) is 0 Å². The third-order valence-corrected chi connectivity index (χ3v) is 3.67. The Morgan fingerprint density at radius 2 is 2.00 bits per heavy atom.